The number of aliphatic hydroxyl groups excluding tert-OH is 4. The Morgan fingerprint density at radius 2 is 1.11 bits per heavy atom. The molecular weight excluding hydrogens is 917 g/mol. The topological polar surface area (TPSA) is 300 Å². The van der Waals surface area contributed by atoms with Crippen molar-refractivity contribution < 1.29 is 78.5 Å². The molecule has 0 bridgehead atoms. The number of rotatable bonds is 12. The lowest BCUT2D eigenvalue weighted by atomic mass is 9.65. The minimum Gasteiger partial charge on any atom is -0.508 e. The second-order valence-corrected chi connectivity index (χ2v) is 14.8. The number of allylic oxidation sites excluding steroid dienone is 8. The van der Waals surface area contributed by atoms with E-state index in [1.807, 2.05) is 0 Å². The van der Waals surface area contributed by atoms with E-state index in [1.165, 1.54) is 53.7 Å². The van der Waals surface area contributed by atoms with Gasteiger partial charge < -0.3 is 50.7 Å². The van der Waals surface area contributed by atoms with Crippen molar-refractivity contribution >= 4 is 101 Å². The van der Waals surface area contributed by atoms with Crippen LogP contribution in [0, 0.1) is 11.8 Å². The fourth-order valence-electron chi connectivity index (χ4n) is 7.75. The van der Waals surface area contributed by atoms with Gasteiger partial charge in [0.05, 0.1) is 11.8 Å². The number of nitrogens with one attached hydrogen (secondary N) is 2. The Balaban J connectivity index is 0. The van der Waals surface area contributed by atoms with Gasteiger partial charge in [-0.3, -0.25) is 19.2 Å². The number of aliphatic carboxylic acids is 2. The normalized spacial score (nSPS) is 28.0. The smallest absolute Gasteiger partial charge is 0.333 e. The summed E-state index contributed by atoms with van der Waals surface area (Å²) in [7, 11) is 0. The van der Waals surface area contributed by atoms with Gasteiger partial charge in [0.15, 0.2) is 17.0 Å². The lowest BCUT2D eigenvalue weighted by molar-refractivity contribution is -0.157. The van der Waals surface area contributed by atoms with E-state index in [2.05, 4.69) is 10.6 Å². The van der Waals surface area contributed by atoms with Crippen LogP contribution in [0.5, 0.6) is 0 Å². The van der Waals surface area contributed by atoms with Gasteiger partial charge in [-0.25, -0.2) is 19.2 Å². The maximum atomic E-state index is 13.0. The molecule has 64 heavy (non-hydrogen) atoms. The van der Waals surface area contributed by atoms with E-state index in [0.717, 1.165) is 6.08 Å². The Morgan fingerprint density at radius 3 is 1.56 bits per heavy atom. The van der Waals surface area contributed by atoms with Crippen molar-refractivity contribution in [2.24, 2.45) is 11.8 Å². The van der Waals surface area contributed by atoms with Crippen molar-refractivity contribution in [1.29, 1.82) is 0 Å². The zero-order valence-electron chi connectivity index (χ0n) is 36.1. The van der Waals surface area contributed by atoms with Crippen LogP contribution >= 0.6 is 54.0 Å². The number of ketones is 2. The number of carboxylic acid groups (broad SMARTS) is 2. The Hall–Kier alpha value is -5.58. The van der Waals surface area contributed by atoms with E-state index in [-0.39, 0.29) is 82.7 Å². The van der Waals surface area contributed by atoms with Crippen molar-refractivity contribution in [2.45, 2.75) is 90.5 Å². The van der Waals surface area contributed by atoms with Gasteiger partial charge in [0.2, 0.25) is 17.6 Å². The summed E-state index contributed by atoms with van der Waals surface area (Å²) in [5, 5.41) is 64.7. The van der Waals surface area contributed by atoms with Crippen LogP contribution in [0.1, 0.15) is 68.2 Å². The summed E-state index contributed by atoms with van der Waals surface area (Å²) >= 11 is 0. The number of amides is 2. The maximum absolute atomic E-state index is 13.0. The molecule has 0 aromatic rings. The fraction of sp³-hybridized carbons (Fsp3) is 0.381. The third kappa shape index (κ3) is 11.6. The molecule has 4 aliphatic rings. The minimum absolute atomic E-state index is 0. The summed E-state index contributed by atoms with van der Waals surface area (Å²) in [6, 6.07) is 0. The van der Waals surface area contributed by atoms with E-state index in [9.17, 15) is 58.8 Å². The number of hydrogen-bond acceptors (Lipinski definition) is 14. The Labute approximate surface area is 397 Å². The number of ether oxygens (including phenoxy) is 2. The van der Waals surface area contributed by atoms with Crippen molar-refractivity contribution in [2.75, 3.05) is 0 Å². The highest BCUT2D eigenvalue weighted by Gasteiger charge is 2.69. The molecule has 2 saturated heterocycles. The molecule has 2 aliphatic carbocycles. The second-order valence-electron chi connectivity index (χ2n) is 14.8. The third-order valence-corrected chi connectivity index (χ3v) is 10.6. The molecule has 6 atom stereocenters. The average Bonchev–Trinajstić information content (AvgIpc) is 3.49. The second kappa shape index (κ2) is 23.4. The van der Waals surface area contributed by atoms with Gasteiger partial charge in [0.1, 0.15) is 34.1 Å². The van der Waals surface area contributed by atoms with Crippen molar-refractivity contribution in [3.63, 3.8) is 0 Å². The summed E-state index contributed by atoms with van der Waals surface area (Å²) in [5.74, 6) is -12.0. The molecule has 0 saturated carbocycles. The molecule has 0 unspecified atom stereocenters. The standard InChI is InChI=1S/C21H25NO8.C21H23NO8.4H2S/c2*1-5-6-7-8-12(23)15-16(27)11(2)18(28)21(4)17(15)20(3,19(29)30-21)22-13(24)9-10-14(25)26;;;;/h5-6,9-10,17,27-28H,7-8H2,1-4H3,(H,22,24)(H,25,26);5-10,17,23,27H,1-4H3,(H,22,24)(H,25,26);4*1H2/b6-5+,10-9+;6-5+,8-7+,10-9+,15-12+;;;;/t2*17-,20+,21+;;;;/m11..../s1. The van der Waals surface area contributed by atoms with Crippen molar-refractivity contribution in [1.82, 2.24) is 10.6 Å². The Bertz CT molecular complexity index is 2220. The van der Waals surface area contributed by atoms with Crippen LogP contribution in [0.4, 0.5) is 0 Å². The number of carboxylic acids is 2. The minimum atomic E-state index is -1.88. The predicted molar refractivity (Wildman–Crippen MR) is 252 cm³/mol. The van der Waals surface area contributed by atoms with Crippen molar-refractivity contribution in [3.05, 3.63) is 106 Å². The first kappa shape index (κ1) is 60.5. The molecule has 4 rings (SSSR count). The van der Waals surface area contributed by atoms with Gasteiger partial charge in [-0.05, 0) is 67.9 Å². The molecular formula is C42H56N2O16S4. The van der Waals surface area contributed by atoms with Crippen molar-refractivity contribution in [3.8, 4) is 0 Å². The fourth-order valence-corrected chi connectivity index (χ4v) is 7.75. The number of aliphatic hydroxyl groups is 4. The van der Waals surface area contributed by atoms with Crippen LogP contribution in [0.3, 0.4) is 0 Å². The lowest BCUT2D eigenvalue weighted by Crippen LogP contribution is -2.59. The van der Waals surface area contributed by atoms with Crippen LogP contribution in [-0.4, -0.2) is 100 Å². The molecule has 0 aromatic carbocycles. The molecule has 2 heterocycles. The SMILES string of the molecule is C/C=C/C=C/C(O)=C1/C(O)=C(C)C(=O)[C@@]2(C)OC(=O)[C@@](C)(NC(=O)/C=C/C(=O)O)[C@@H]12.C/C=C/CCC(=O)C1=C(O)C(C)=C(O)[C@@]2(C)OC(=O)[C@@](C)(NC(=O)/C=C/C(=O)O)[C@@H]12.S.S.S.S. The number of esters is 2. The average molecular weight is 973 g/mol. The summed E-state index contributed by atoms with van der Waals surface area (Å²) < 4.78 is 10.8. The summed E-state index contributed by atoms with van der Waals surface area (Å²) in [4.78, 5) is 97.2. The first-order chi connectivity index (χ1) is 27.8. The molecule has 354 valence electrons. The van der Waals surface area contributed by atoms with Gasteiger partial charge in [-0.15, -0.1) is 0 Å². The lowest BCUT2D eigenvalue weighted by Gasteiger charge is -2.39. The van der Waals surface area contributed by atoms with Crippen LogP contribution in [0.2, 0.25) is 0 Å². The number of carbonyl (C=O) groups is 8. The van der Waals surface area contributed by atoms with E-state index < -0.39 is 104 Å². The van der Waals surface area contributed by atoms with Gasteiger partial charge in [-0.1, -0.05) is 30.4 Å². The molecule has 22 heteroatoms. The number of carbonyl (C=O) groups excluding carboxylic acids is 6. The highest BCUT2D eigenvalue weighted by atomic mass is 32.1. The van der Waals surface area contributed by atoms with Crippen LogP contribution in [0.15, 0.2) is 106 Å². The van der Waals surface area contributed by atoms with E-state index in [0.29, 0.717) is 24.6 Å². The molecule has 0 aromatic heterocycles. The maximum Gasteiger partial charge on any atom is 0.333 e. The number of hydrogen-bond donors (Lipinski definition) is 8. The van der Waals surface area contributed by atoms with E-state index in [4.69, 9.17) is 19.7 Å². The Morgan fingerprint density at radius 1 is 0.641 bits per heavy atom. The quantitative estimate of drug-likeness (QED) is 0.0446. The number of Topliss-reactive ketones (excluding diaryl/α,β-unsaturated/α-hetero) is 2. The molecule has 2 fully saturated rings. The molecule has 18 nitrogen and oxygen atoms in total. The monoisotopic (exact) mass is 972 g/mol. The van der Waals surface area contributed by atoms with Crippen LogP contribution in [-0.2, 0) is 47.8 Å². The van der Waals surface area contributed by atoms with Crippen LogP contribution < -0.4 is 10.6 Å². The van der Waals surface area contributed by atoms with Gasteiger partial charge in [0, 0.05) is 53.0 Å². The van der Waals surface area contributed by atoms with Gasteiger partial charge >= 0.3 is 23.9 Å². The zero-order valence-corrected chi connectivity index (χ0v) is 40.1. The largest absolute Gasteiger partial charge is 0.508 e. The first-order valence-corrected chi connectivity index (χ1v) is 18.4. The zero-order chi connectivity index (χ0) is 45.7. The van der Waals surface area contributed by atoms with Gasteiger partial charge in [0.25, 0.3) is 0 Å². The molecule has 0 radical (unpaired) electrons. The molecule has 0 spiro atoms. The highest BCUT2D eigenvalue weighted by molar-refractivity contribution is 7.59. The Kier molecular flexibility index (Phi) is 22.1. The summed E-state index contributed by atoms with van der Waals surface area (Å²) in [6.07, 6.45) is 12.6. The van der Waals surface area contributed by atoms with E-state index in [1.54, 1.807) is 38.2 Å². The molecule has 2 amide bonds. The van der Waals surface area contributed by atoms with E-state index >= 15 is 0 Å². The molecule has 8 N–H and O–H groups in total. The first-order valence-electron chi connectivity index (χ1n) is 18.4. The number of fused-ring (bicyclic) bond motifs is 2. The summed E-state index contributed by atoms with van der Waals surface area (Å²) in [5.41, 5.74) is -7.61. The van der Waals surface area contributed by atoms with Gasteiger partial charge in [-0.2, -0.15) is 54.0 Å². The highest BCUT2D eigenvalue weighted by Crippen LogP contribution is 2.53. The third-order valence-electron chi connectivity index (χ3n) is 10.6. The van der Waals surface area contributed by atoms with Crippen LogP contribution in [0.25, 0.3) is 0 Å². The summed E-state index contributed by atoms with van der Waals surface area (Å²) in [6.45, 7) is 11.6. The molecule has 2 aliphatic heterocycles. The predicted octanol–water partition coefficient (Wildman–Crippen LogP) is 4.26.